The van der Waals surface area contributed by atoms with E-state index >= 15 is 0 Å². The lowest BCUT2D eigenvalue weighted by atomic mass is 9.93. The summed E-state index contributed by atoms with van der Waals surface area (Å²) >= 11 is 0. The van der Waals surface area contributed by atoms with Crippen LogP contribution in [0.2, 0.25) is 0 Å². The van der Waals surface area contributed by atoms with Gasteiger partial charge in [0.2, 0.25) is 0 Å². The summed E-state index contributed by atoms with van der Waals surface area (Å²) in [5, 5.41) is 7.59. The van der Waals surface area contributed by atoms with Crippen molar-refractivity contribution in [2.45, 2.75) is 159 Å². The first-order chi connectivity index (χ1) is 17.0. The number of nitrogens with one attached hydrogen (secondary N) is 2. The van der Waals surface area contributed by atoms with E-state index in [9.17, 15) is 4.79 Å². The fraction of sp³-hybridized carbons (Fsp3) is 0.966. The number of hydrogen-bond donors (Lipinski definition) is 2. The minimum atomic E-state index is -0.0282. The summed E-state index contributed by atoms with van der Waals surface area (Å²) in [7, 11) is 4.18. The summed E-state index contributed by atoms with van der Waals surface area (Å²) < 4.78 is 12.2. The number of hydrogen-bond acceptors (Lipinski definition) is 6. The van der Waals surface area contributed by atoms with Gasteiger partial charge in [0, 0.05) is 31.2 Å². The average molecular weight is 494 g/mol. The molecule has 0 saturated carbocycles. The summed E-state index contributed by atoms with van der Waals surface area (Å²) in [5.41, 5.74) is 0. The van der Waals surface area contributed by atoms with Gasteiger partial charge in [0.05, 0.1) is 12.3 Å². The molecule has 0 aromatic carbocycles. The second-order valence-corrected chi connectivity index (χ2v) is 11.7. The van der Waals surface area contributed by atoms with Crippen LogP contribution in [0.25, 0.3) is 0 Å². The van der Waals surface area contributed by atoms with Gasteiger partial charge in [-0.3, -0.25) is 15.0 Å². The van der Waals surface area contributed by atoms with E-state index < -0.39 is 0 Å². The first-order valence-electron chi connectivity index (χ1n) is 15.0. The van der Waals surface area contributed by atoms with Crippen LogP contribution in [0.15, 0.2) is 0 Å². The topological polar surface area (TPSA) is 62.8 Å². The van der Waals surface area contributed by atoms with Gasteiger partial charge in [-0.2, -0.15) is 0 Å². The van der Waals surface area contributed by atoms with Crippen molar-refractivity contribution in [3.63, 3.8) is 0 Å². The molecule has 0 aliphatic carbocycles. The van der Waals surface area contributed by atoms with Gasteiger partial charge in [-0.1, -0.05) is 57.8 Å². The smallest absolute Gasteiger partial charge is 0.306 e. The van der Waals surface area contributed by atoms with Crippen LogP contribution in [0.1, 0.15) is 122 Å². The molecule has 2 N–H and O–H groups in total. The van der Waals surface area contributed by atoms with Crippen LogP contribution in [0.3, 0.4) is 0 Å². The van der Waals surface area contributed by atoms with Crippen molar-refractivity contribution in [3.8, 4) is 0 Å². The lowest BCUT2D eigenvalue weighted by molar-refractivity contribution is -0.155. The van der Waals surface area contributed by atoms with Crippen molar-refractivity contribution in [2.75, 3.05) is 20.7 Å². The van der Waals surface area contributed by atoms with E-state index in [-0.39, 0.29) is 18.2 Å². The van der Waals surface area contributed by atoms with Crippen LogP contribution in [0.5, 0.6) is 0 Å². The number of likely N-dealkylation sites (N-methyl/N-ethyl adjacent to an activating group) is 1. The van der Waals surface area contributed by atoms with Crippen molar-refractivity contribution >= 4 is 5.97 Å². The van der Waals surface area contributed by atoms with E-state index in [2.05, 4.69) is 36.6 Å². The quantitative estimate of drug-likeness (QED) is 0.468. The highest BCUT2D eigenvalue weighted by Crippen LogP contribution is 2.24. The van der Waals surface area contributed by atoms with Crippen molar-refractivity contribution in [1.29, 1.82) is 0 Å². The van der Waals surface area contributed by atoms with Gasteiger partial charge in [0.15, 0.2) is 0 Å². The molecule has 6 nitrogen and oxygen atoms in total. The molecule has 0 spiro atoms. The Kier molecular flexibility index (Phi) is 13.4. The van der Waals surface area contributed by atoms with Crippen LogP contribution >= 0.6 is 0 Å². The van der Waals surface area contributed by atoms with Crippen molar-refractivity contribution < 1.29 is 14.3 Å². The first kappa shape index (κ1) is 28.9. The summed E-state index contributed by atoms with van der Waals surface area (Å²) in [4.78, 5) is 14.7. The molecule has 0 radical (unpaired) electrons. The van der Waals surface area contributed by atoms with E-state index in [4.69, 9.17) is 9.47 Å². The molecule has 35 heavy (non-hydrogen) atoms. The molecule has 6 aliphatic rings. The number of nitrogens with zero attached hydrogens (tertiary/aromatic N) is 1. The molecule has 6 heteroatoms. The van der Waals surface area contributed by atoms with Crippen molar-refractivity contribution in [2.24, 2.45) is 0 Å². The van der Waals surface area contributed by atoms with Crippen LogP contribution in [-0.2, 0) is 14.3 Å². The van der Waals surface area contributed by atoms with Crippen molar-refractivity contribution in [3.05, 3.63) is 0 Å². The Labute approximate surface area is 215 Å². The van der Waals surface area contributed by atoms with Crippen LogP contribution in [-0.4, -0.2) is 68.1 Å². The number of carbonyl (C=O) groups is 1. The SMILES string of the molecule is CC1NC2CCCCCCCC(=O)OC3CCC(CCCCCCCCOC1CC2)NC3N(C)C. The first-order valence-corrected chi connectivity index (χ1v) is 15.0. The molecular formula is C29H55N3O3. The van der Waals surface area contributed by atoms with E-state index in [1.54, 1.807) is 0 Å². The standard InChI is InChI=1S/C29H55N3O3/c1-23-26-20-18-24(30-23)15-11-8-6-9-13-17-28(33)35-27-21-19-25(31-29(27)32(2)3)16-12-7-4-5-10-14-22-34-26/h23-27,29-31H,4-22H2,1-3H3. The van der Waals surface area contributed by atoms with Gasteiger partial charge >= 0.3 is 5.97 Å². The zero-order chi connectivity index (χ0) is 24.9. The van der Waals surface area contributed by atoms with E-state index in [1.165, 1.54) is 83.5 Å². The number of ether oxygens (including phenoxy) is 2. The molecule has 6 aliphatic heterocycles. The minimum Gasteiger partial charge on any atom is -0.459 e. The summed E-state index contributed by atoms with van der Waals surface area (Å²) in [6, 6.07) is 1.65. The highest BCUT2D eigenvalue weighted by molar-refractivity contribution is 5.69. The third-order valence-corrected chi connectivity index (χ3v) is 8.47. The van der Waals surface area contributed by atoms with Gasteiger partial charge in [0.1, 0.15) is 6.10 Å². The maximum Gasteiger partial charge on any atom is 0.306 e. The maximum absolute atomic E-state index is 12.5. The molecule has 6 fully saturated rings. The molecule has 6 heterocycles. The van der Waals surface area contributed by atoms with Gasteiger partial charge in [-0.15, -0.1) is 0 Å². The van der Waals surface area contributed by atoms with Gasteiger partial charge in [0.25, 0.3) is 0 Å². The minimum absolute atomic E-state index is 0.0132. The second kappa shape index (κ2) is 16.2. The number of piperidine rings is 2. The number of carbonyl (C=O) groups excluding carboxylic acids is 1. The normalized spacial score (nSPS) is 36.2. The number of esters is 1. The third kappa shape index (κ3) is 10.7. The Bertz CT molecular complexity index is 588. The summed E-state index contributed by atoms with van der Waals surface area (Å²) in [6.45, 7) is 3.22. The zero-order valence-electron chi connectivity index (χ0n) is 23.1. The molecular weight excluding hydrogens is 438 g/mol. The summed E-state index contributed by atoms with van der Waals surface area (Å²) in [6.07, 6.45) is 21.6. The fourth-order valence-corrected chi connectivity index (χ4v) is 6.27. The predicted octanol–water partition coefficient (Wildman–Crippen LogP) is 5.54. The Morgan fingerprint density at radius 2 is 1.26 bits per heavy atom. The summed E-state index contributed by atoms with van der Waals surface area (Å²) in [5.74, 6) is -0.0132. The van der Waals surface area contributed by atoms with E-state index in [1.807, 2.05) is 0 Å². The lowest BCUT2D eigenvalue weighted by Gasteiger charge is -2.40. The maximum atomic E-state index is 12.5. The van der Waals surface area contributed by atoms with E-state index in [0.29, 0.717) is 30.7 Å². The molecule has 204 valence electrons. The van der Waals surface area contributed by atoms with Gasteiger partial charge in [-0.05, 0) is 72.4 Å². The Balaban J connectivity index is 1.44. The Morgan fingerprint density at radius 3 is 1.91 bits per heavy atom. The van der Waals surface area contributed by atoms with Crippen molar-refractivity contribution in [1.82, 2.24) is 15.5 Å². The van der Waals surface area contributed by atoms with Gasteiger partial charge in [-0.25, -0.2) is 0 Å². The Hall–Kier alpha value is -0.690. The Morgan fingerprint density at radius 1 is 0.686 bits per heavy atom. The average Bonchev–Trinajstić information content (AvgIpc) is 2.83. The third-order valence-electron chi connectivity index (χ3n) is 8.47. The molecule has 0 aromatic heterocycles. The van der Waals surface area contributed by atoms with Crippen LogP contribution in [0, 0.1) is 0 Å². The highest BCUT2D eigenvalue weighted by atomic mass is 16.5. The zero-order valence-corrected chi connectivity index (χ0v) is 23.1. The molecule has 0 aromatic rings. The number of rotatable bonds is 1. The van der Waals surface area contributed by atoms with Crippen LogP contribution in [0.4, 0.5) is 0 Å². The largest absolute Gasteiger partial charge is 0.459 e. The second-order valence-electron chi connectivity index (χ2n) is 11.7. The molecule has 0 amide bonds. The van der Waals surface area contributed by atoms with Crippen LogP contribution < -0.4 is 10.6 Å². The van der Waals surface area contributed by atoms with E-state index in [0.717, 1.165) is 32.3 Å². The molecule has 6 atom stereocenters. The molecule has 4 bridgehead atoms. The molecule has 6 saturated heterocycles. The monoisotopic (exact) mass is 493 g/mol. The fourth-order valence-electron chi connectivity index (χ4n) is 6.27. The highest BCUT2D eigenvalue weighted by Gasteiger charge is 2.33. The lowest BCUT2D eigenvalue weighted by Crippen LogP contribution is -2.58. The molecule has 6 rings (SSSR count). The van der Waals surface area contributed by atoms with Gasteiger partial charge < -0.3 is 14.8 Å². The molecule has 6 unspecified atom stereocenters. The predicted molar refractivity (Wildman–Crippen MR) is 144 cm³/mol.